The van der Waals surface area contributed by atoms with Crippen LogP contribution in [-0.4, -0.2) is 46.7 Å². The molecule has 1 atom stereocenters. The second kappa shape index (κ2) is 10.7. The topological polar surface area (TPSA) is 110 Å². The van der Waals surface area contributed by atoms with E-state index in [-0.39, 0.29) is 12.5 Å². The number of aromatic nitrogens is 2. The normalized spacial score (nSPS) is 14.9. The van der Waals surface area contributed by atoms with Crippen LogP contribution < -0.4 is 15.5 Å². The summed E-state index contributed by atoms with van der Waals surface area (Å²) < 4.78 is 0. The zero-order valence-electron chi connectivity index (χ0n) is 20.7. The molecule has 2 aromatic heterocycles. The Morgan fingerprint density at radius 3 is 2.86 bits per heavy atom. The maximum Gasteiger partial charge on any atom is 0.411 e. The molecule has 37 heavy (non-hydrogen) atoms. The van der Waals surface area contributed by atoms with Crippen molar-refractivity contribution in [3.63, 3.8) is 0 Å². The predicted octanol–water partition coefficient (Wildman–Crippen LogP) is 5.60. The highest BCUT2D eigenvalue weighted by molar-refractivity contribution is 6.31. The van der Waals surface area contributed by atoms with Crippen LogP contribution in [0.1, 0.15) is 31.0 Å². The zero-order chi connectivity index (χ0) is 25.9. The number of carbonyl (C=O) groups excluding carboxylic acids is 1. The van der Waals surface area contributed by atoms with E-state index < -0.39 is 6.09 Å². The first-order valence-electron chi connectivity index (χ1n) is 12.6. The number of rotatable bonds is 8. The molecule has 1 aliphatic carbocycles. The van der Waals surface area contributed by atoms with Crippen LogP contribution in [-0.2, 0) is 17.6 Å². The molecule has 1 aliphatic rings. The van der Waals surface area contributed by atoms with Crippen molar-refractivity contribution in [2.24, 2.45) is 5.92 Å². The Morgan fingerprint density at radius 1 is 1.19 bits per heavy atom. The molecule has 0 aliphatic heterocycles. The highest BCUT2D eigenvalue weighted by Gasteiger charge is 2.24. The minimum Gasteiger partial charge on any atom is -0.465 e. The Kier molecular flexibility index (Phi) is 7.19. The van der Waals surface area contributed by atoms with Crippen LogP contribution in [0, 0.1) is 5.92 Å². The van der Waals surface area contributed by atoms with Gasteiger partial charge in [0.25, 0.3) is 0 Å². The number of nitrogens with zero attached hydrogens (tertiary/aromatic N) is 2. The predicted molar refractivity (Wildman–Crippen MR) is 148 cm³/mol. The number of anilines is 2. The van der Waals surface area contributed by atoms with Gasteiger partial charge in [-0.15, -0.1) is 0 Å². The second-order valence-corrected chi connectivity index (χ2v) is 10.0. The standard InChI is InChI=1S/C28H30ClN5O3/c1-17(35)30-10-8-18-2-5-22-25(14-18)33-26-16-20(29)3-6-23(26)27(22)32-12-13-34(28(36)37)21-4-7-24-19(15-21)9-11-31-24/h3-4,6-7,9,11,15-16,18,31H,2,5,8,10,12-14H2,1H3,(H,30,35)(H,32,33)(H,36,37). The third kappa shape index (κ3) is 5.49. The number of H-pyrrole nitrogens is 1. The van der Waals surface area contributed by atoms with Gasteiger partial charge in [-0.3, -0.25) is 14.7 Å². The lowest BCUT2D eigenvalue weighted by Crippen LogP contribution is -2.34. The van der Waals surface area contributed by atoms with Gasteiger partial charge < -0.3 is 20.7 Å². The van der Waals surface area contributed by atoms with Crippen molar-refractivity contribution in [3.8, 4) is 0 Å². The molecule has 2 aromatic carbocycles. The Morgan fingerprint density at radius 2 is 2.05 bits per heavy atom. The summed E-state index contributed by atoms with van der Waals surface area (Å²) in [5.41, 5.74) is 5.66. The number of hydrogen-bond donors (Lipinski definition) is 4. The molecule has 0 bridgehead atoms. The number of amides is 2. The molecule has 0 radical (unpaired) electrons. The van der Waals surface area contributed by atoms with Gasteiger partial charge in [0.1, 0.15) is 0 Å². The molecule has 2 heterocycles. The number of fused-ring (bicyclic) bond motifs is 3. The quantitative estimate of drug-likeness (QED) is 0.242. The number of halogens is 1. The van der Waals surface area contributed by atoms with Gasteiger partial charge >= 0.3 is 6.09 Å². The van der Waals surface area contributed by atoms with Crippen molar-refractivity contribution in [1.82, 2.24) is 15.3 Å². The second-order valence-electron chi connectivity index (χ2n) is 9.56. The van der Waals surface area contributed by atoms with Gasteiger partial charge in [0.05, 0.1) is 5.52 Å². The molecular formula is C28H30ClN5O3. The number of carboxylic acid groups (broad SMARTS) is 1. The third-order valence-corrected chi connectivity index (χ3v) is 7.30. The van der Waals surface area contributed by atoms with E-state index >= 15 is 0 Å². The Labute approximate surface area is 220 Å². The Hall–Kier alpha value is -3.78. The van der Waals surface area contributed by atoms with Gasteiger partial charge in [0.2, 0.25) is 5.91 Å². The van der Waals surface area contributed by atoms with E-state index in [1.807, 2.05) is 48.7 Å². The largest absolute Gasteiger partial charge is 0.465 e. The van der Waals surface area contributed by atoms with Gasteiger partial charge in [0.15, 0.2) is 0 Å². The van der Waals surface area contributed by atoms with E-state index in [4.69, 9.17) is 16.6 Å². The molecular weight excluding hydrogens is 490 g/mol. The van der Waals surface area contributed by atoms with Crippen molar-refractivity contribution in [2.45, 2.75) is 32.6 Å². The summed E-state index contributed by atoms with van der Waals surface area (Å²) >= 11 is 6.29. The molecule has 1 unspecified atom stereocenters. The van der Waals surface area contributed by atoms with Crippen LogP contribution in [0.3, 0.4) is 0 Å². The van der Waals surface area contributed by atoms with Crippen molar-refractivity contribution in [2.75, 3.05) is 29.9 Å². The minimum atomic E-state index is -0.993. The Bertz CT molecular complexity index is 1470. The average molecular weight is 520 g/mol. The van der Waals surface area contributed by atoms with Gasteiger partial charge in [-0.05, 0) is 79.6 Å². The van der Waals surface area contributed by atoms with E-state index in [9.17, 15) is 14.7 Å². The summed E-state index contributed by atoms with van der Waals surface area (Å²) in [7, 11) is 0. The van der Waals surface area contributed by atoms with Crippen molar-refractivity contribution in [3.05, 3.63) is 64.9 Å². The number of carbonyl (C=O) groups is 2. The number of nitrogens with one attached hydrogen (secondary N) is 3. The SMILES string of the molecule is CC(=O)NCCC1CCc2c(nc3cc(Cl)ccc3c2NCCN(C(=O)O)c2ccc3[nH]ccc3c2)C1. The van der Waals surface area contributed by atoms with E-state index in [1.165, 1.54) is 17.4 Å². The van der Waals surface area contributed by atoms with Crippen molar-refractivity contribution < 1.29 is 14.7 Å². The highest BCUT2D eigenvalue weighted by atomic mass is 35.5. The first-order valence-corrected chi connectivity index (χ1v) is 12.9. The van der Waals surface area contributed by atoms with Crippen molar-refractivity contribution in [1.29, 1.82) is 0 Å². The van der Waals surface area contributed by atoms with Gasteiger partial charge in [-0.25, -0.2) is 4.79 Å². The van der Waals surface area contributed by atoms with Crippen LogP contribution >= 0.6 is 11.6 Å². The van der Waals surface area contributed by atoms with E-state index in [2.05, 4.69) is 15.6 Å². The summed E-state index contributed by atoms with van der Waals surface area (Å²) in [6.07, 6.45) is 4.49. The van der Waals surface area contributed by atoms with E-state index in [1.54, 1.807) is 0 Å². The molecule has 0 fully saturated rings. The number of hydrogen-bond acceptors (Lipinski definition) is 4. The molecule has 8 nitrogen and oxygen atoms in total. The fraction of sp³-hybridized carbons (Fsp3) is 0.321. The lowest BCUT2D eigenvalue weighted by molar-refractivity contribution is -0.119. The van der Waals surface area contributed by atoms with Crippen LogP contribution in [0.2, 0.25) is 5.02 Å². The summed E-state index contributed by atoms with van der Waals surface area (Å²) in [4.78, 5) is 32.8. The number of benzene rings is 2. The number of aromatic amines is 1. The van der Waals surface area contributed by atoms with Crippen LogP contribution in [0.15, 0.2) is 48.7 Å². The summed E-state index contributed by atoms with van der Waals surface area (Å²) in [6, 6.07) is 13.2. The van der Waals surface area contributed by atoms with E-state index in [0.29, 0.717) is 29.7 Å². The molecule has 0 saturated heterocycles. The van der Waals surface area contributed by atoms with E-state index in [0.717, 1.165) is 58.9 Å². The van der Waals surface area contributed by atoms with Gasteiger partial charge in [-0.2, -0.15) is 0 Å². The molecule has 192 valence electrons. The summed E-state index contributed by atoms with van der Waals surface area (Å²) in [5, 5.41) is 18.9. The summed E-state index contributed by atoms with van der Waals surface area (Å²) in [5.74, 6) is 0.437. The summed E-state index contributed by atoms with van der Waals surface area (Å²) in [6.45, 7) is 2.93. The smallest absolute Gasteiger partial charge is 0.411 e. The minimum absolute atomic E-state index is 0.00937. The maximum atomic E-state index is 12.1. The molecule has 2 amide bonds. The monoisotopic (exact) mass is 519 g/mol. The van der Waals surface area contributed by atoms with Crippen molar-refractivity contribution >= 4 is 56.8 Å². The molecule has 4 N–H and O–H groups in total. The van der Waals surface area contributed by atoms with Crippen LogP contribution in [0.4, 0.5) is 16.2 Å². The fourth-order valence-electron chi connectivity index (χ4n) is 5.23. The lowest BCUT2D eigenvalue weighted by atomic mass is 9.83. The molecule has 0 spiro atoms. The van der Waals surface area contributed by atoms with Gasteiger partial charge in [-0.1, -0.05) is 11.6 Å². The average Bonchev–Trinajstić information content (AvgIpc) is 3.33. The third-order valence-electron chi connectivity index (χ3n) is 7.06. The highest BCUT2D eigenvalue weighted by Crippen LogP contribution is 2.36. The van der Waals surface area contributed by atoms with Crippen LogP contribution in [0.25, 0.3) is 21.8 Å². The Balaban J connectivity index is 1.37. The van der Waals surface area contributed by atoms with Crippen LogP contribution in [0.5, 0.6) is 0 Å². The lowest BCUT2D eigenvalue weighted by Gasteiger charge is -2.28. The number of pyridine rings is 1. The zero-order valence-corrected chi connectivity index (χ0v) is 21.4. The molecule has 4 aromatic rings. The fourth-order valence-corrected chi connectivity index (χ4v) is 5.39. The first-order chi connectivity index (χ1) is 17.9. The van der Waals surface area contributed by atoms with Gasteiger partial charge in [0, 0.05) is 71.1 Å². The molecule has 9 heteroatoms. The maximum absolute atomic E-state index is 12.1. The first kappa shape index (κ1) is 24.9. The molecule has 5 rings (SSSR count). The molecule has 0 saturated carbocycles.